The molecule has 0 radical (unpaired) electrons. The van der Waals surface area contributed by atoms with Crippen LogP contribution < -0.4 is 9.64 Å². The zero-order valence-corrected chi connectivity index (χ0v) is 30.1. The van der Waals surface area contributed by atoms with Crippen LogP contribution in [0.2, 0.25) is 5.02 Å². The number of amides is 1. The lowest BCUT2D eigenvalue weighted by molar-refractivity contribution is -0.152. The number of imidazole rings is 1. The molecule has 0 spiro atoms. The number of esters is 1. The zero-order chi connectivity index (χ0) is 35.5. The molecule has 264 valence electrons. The maximum Gasteiger partial charge on any atom is 0.311 e. The largest absolute Gasteiger partial charge is 0.480 e. The molecule has 0 atom stereocenters. The van der Waals surface area contributed by atoms with E-state index in [2.05, 4.69) is 16.0 Å². The van der Waals surface area contributed by atoms with E-state index in [9.17, 15) is 14.4 Å². The fourth-order valence-electron chi connectivity index (χ4n) is 9.23. The van der Waals surface area contributed by atoms with E-state index >= 15 is 0 Å². The first kappa shape index (κ1) is 33.6. The van der Waals surface area contributed by atoms with E-state index in [0.29, 0.717) is 34.9 Å². The molecule has 4 heterocycles. The minimum Gasteiger partial charge on any atom is -0.480 e. The molecule has 2 aliphatic heterocycles. The molecule has 2 aromatic carbocycles. The van der Waals surface area contributed by atoms with Crippen LogP contribution in [0, 0.1) is 10.8 Å². The molecule has 10 nitrogen and oxygen atoms in total. The van der Waals surface area contributed by atoms with Crippen molar-refractivity contribution in [3.63, 3.8) is 0 Å². The van der Waals surface area contributed by atoms with E-state index in [1.165, 1.54) is 14.2 Å². The lowest BCUT2D eigenvalue weighted by Gasteiger charge is -2.32. The number of fused-ring (bicyclic) bond motifs is 4. The van der Waals surface area contributed by atoms with Gasteiger partial charge in [-0.15, -0.1) is 0 Å². The summed E-state index contributed by atoms with van der Waals surface area (Å²) in [5.74, 6) is 0.619. The number of aromatic nitrogens is 3. The molecule has 4 aromatic rings. The van der Waals surface area contributed by atoms with Crippen molar-refractivity contribution < 1.29 is 23.9 Å². The van der Waals surface area contributed by atoms with Gasteiger partial charge < -0.3 is 18.9 Å². The Hall–Kier alpha value is -4.54. The molecule has 0 N–H and O–H groups in total. The monoisotopic (exact) mass is 707 g/mol. The van der Waals surface area contributed by atoms with Gasteiger partial charge in [0.25, 0.3) is 5.91 Å². The van der Waals surface area contributed by atoms with Gasteiger partial charge in [-0.1, -0.05) is 35.9 Å². The zero-order valence-electron chi connectivity index (χ0n) is 29.3. The van der Waals surface area contributed by atoms with Gasteiger partial charge in [-0.25, -0.2) is 9.97 Å². The number of anilines is 1. The average molecular weight is 708 g/mol. The number of pyridine rings is 1. The maximum absolute atomic E-state index is 14.1. The molecule has 2 aromatic heterocycles. The number of hydrogen-bond acceptors (Lipinski definition) is 8. The van der Waals surface area contributed by atoms with Crippen LogP contribution in [-0.4, -0.2) is 71.5 Å². The molecular weight excluding hydrogens is 666 g/mol. The normalized spacial score (nSPS) is 22.2. The molecule has 51 heavy (non-hydrogen) atoms. The molecular formula is C40H42ClN5O5. The highest BCUT2D eigenvalue weighted by Crippen LogP contribution is 2.63. The number of carbonyl (C=O) groups excluding carboxylic acids is 3. The smallest absolute Gasteiger partial charge is 0.311 e. The number of benzene rings is 2. The molecule has 0 unspecified atom stereocenters. The van der Waals surface area contributed by atoms with Gasteiger partial charge >= 0.3 is 5.97 Å². The number of methoxy groups -OCH3 is 2. The van der Waals surface area contributed by atoms with Crippen molar-refractivity contribution in [3.8, 4) is 28.3 Å². The van der Waals surface area contributed by atoms with E-state index in [1.54, 1.807) is 12.1 Å². The Labute approximate surface area is 302 Å². The standard InChI is InChI=1S/C40H42ClN5O5/c1-44-33-12-18-45(20-17-39-13-15-40(24-39,16-14-39)38(49)51-3)22-31(33)42-35(44)37(48)46-19-11-26-21-25(8-10-32(26)46)28-5-4-6-29(34(28)41)30-9-7-27(23-47)36(43-30)50-2/h4-10,21,23H,11-20,22,24H2,1-3H3. The summed E-state index contributed by atoms with van der Waals surface area (Å²) in [6.07, 6.45) is 8.45. The van der Waals surface area contributed by atoms with Gasteiger partial charge in [0.1, 0.15) is 0 Å². The highest BCUT2D eigenvalue weighted by atomic mass is 35.5. The second-order valence-electron chi connectivity index (χ2n) is 14.7. The first-order valence-electron chi connectivity index (χ1n) is 17.8. The third-order valence-corrected chi connectivity index (χ3v) is 12.5. The Morgan fingerprint density at radius 3 is 2.55 bits per heavy atom. The summed E-state index contributed by atoms with van der Waals surface area (Å²) in [6.45, 7) is 3.22. The van der Waals surface area contributed by atoms with Gasteiger partial charge in [0, 0.05) is 55.6 Å². The lowest BCUT2D eigenvalue weighted by Crippen LogP contribution is -2.34. The topological polar surface area (TPSA) is 107 Å². The van der Waals surface area contributed by atoms with Gasteiger partial charge in [-0.3, -0.25) is 19.3 Å². The molecule has 4 aliphatic rings. The molecule has 0 saturated heterocycles. The number of hydrogen-bond donors (Lipinski definition) is 0. The van der Waals surface area contributed by atoms with Gasteiger partial charge in [-0.2, -0.15) is 0 Å². The fourth-order valence-corrected chi connectivity index (χ4v) is 9.56. The number of nitrogens with zero attached hydrogens (tertiary/aromatic N) is 5. The lowest BCUT2D eigenvalue weighted by atomic mass is 9.80. The van der Waals surface area contributed by atoms with Crippen LogP contribution in [0.15, 0.2) is 48.5 Å². The minimum atomic E-state index is -0.257. The Morgan fingerprint density at radius 1 is 0.980 bits per heavy atom. The number of ether oxygens (including phenoxy) is 2. The van der Waals surface area contributed by atoms with E-state index < -0.39 is 0 Å². The Morgan fingerprint density at radius 2 is 1.78 bits per heavy atom. The Bertz CT molecular complexity index is 2070. The highest BCUT2D eigenvalue weighted by Gasteiger charge is 2.58. The average Bonchev–Trinajstić information content (AvgIpc) is 3.94. The van der Waals surface area contributed by atoms with Crippen LogP contribution in [0.5, 0.6) is 5.88 Å². The van der Waals surface area contributed by atoms with Crippen LogP contribution in [0.4, 0.5) is 5.69 Å². The summed E-state index contributed by atoms with van der Waals surface area (Å²) in [5, 5.41) is 0.546. The molecule has 11 heteroatoms. The Kier molecular flexibility index (Phi) is 8.50. The van der Waals surface area contributed by atoms with Crippen molar-refractivity contribution in [1.82, 2.24) is 19.4 Å². The molecule has 2 bridgehead atoms. The fraction of sp³-hybridized carbons (Fsp3) is 0.425. The van der Waals surface area contributed by atoms with Crippen molar-refractivity contribution in [1.29, 1.82) is 0 Å². The SMILES string of the molecule is COC(=O)C12CCC(CCN3CCc4c(nc(C(=O)N5CCc6cc(-c7cccc(-c8ccc(C=O)c(OC)n8)c7Cl)ccc65)n4C)C3)(CC1)C2. The molecule has 2 aliphatic carbocycles. The van der Waals surface area contributed by atoms with Crippen molar-refractivity contribution in [3.05, 3.63) is 81.9 Å². The van der Waals surface area contributed by atoms with Crippen molar-refractivity contribution in [2.45, 2.75) is 57.9 Å². The molecule has 2 fully saturated rings. The predicted molar refractivity (Wildman–Crippen MR) is 194 cm³/mol. The van der Waals surface area contributed by atoms with Crippen LogP contribution in [0.25, 0.3) is 22.4 Å². The maximum atomic E-state index is 14.1. The van der Waals surface area contributed by atoms with Crippen LogP contribution in [-0.2, 0) is 36.0 Å². The summed E-state index contributed by atoms with van der Waals surface area (Å²) in [7, 11) is 4.96. The third-order valence-electron chi connectivity index (χ3n) is 12.1. The second-order valence-corrected chi connectivity index (χ2v) is 15.1. The summed E-state index contributed by atoms with van der Waals surface area (Å²) >= 11 is 6.98. The second kappa shape index (κ2) is 12.9. The number of halogens is 1. The highest BCUT2D eigenvalue weighted by molar-refractivity contribution is 6.36. The van der Waals surface area contributed by atoms with E-state index in [0.717, 1.165) is 110 Å². The molecule has 8 rings (SSSR count). The molecule has 2 saturated carbocycles. The van der Waals surface area contributed by atoms with E-state index in [1.807, 2.05) is 46.8 Å². The van der Waals surface area contributed by atoms with Crippen molar-refractivity contribution in [2.75, 3.05) is 38.8 Å². The van der Waals surface area contributed by atoms with Gasteiger partial charge in [-0.05, 0) is 92.3 Å². The van der Waals surface area contributed by atoms with Gasteiger partial charge in [0.2, 0.25) is 5.88 Å². The quantitative estimate of drug-likeness (QED) is 0.140. The van der Waals surface area contributed by atoms with Gasteiger partial charge in [0.15, 0.2) is 12.1 Å². The van der Waals surface area contributed by atoms with Crippen LogP contribution >= 0.6 is 11.6 Å². The summed E-state index contributed by atoms with van der Waals surface area (Å²) in [5.41, 5.74) is 7.60. The van der Waals surface area contributed by atoms with E-state index in [-0.39, 0.29) is 28.6 Å². The molecule has 1 amide bonds. The first-order valence-corrected chi connectivity index (χ1v) is 18.2. The summed E-state index contributed by atoms with van der Waals surface area (Å²) in [6, 6.07) is 15.4. The number of carbonyl (C=O) groups is 3. The van der Waals surface area contributed by atoms with Crippen molar-refractivity contribution in [2.24, 2.45) is 17.9 Å². The third kappa shape index (κ3) is 5.63. The predicted octanol–water partition coefficient (Wildman–Crippen LogP) is 6.70. The number of rotatable bonds is 9. The van der Waals surface area contributed by atoms with Crippen LogP contribution in [0.3, 0.4) is 0 Å². The summed E-state index contributed by atoms with van der Waals surface area (Å²) in [4.78, 5) is 51.7. The van der Waals surface area contributed by atoms with Crippen molar-refractivity contribution >= 4 is 35.5 Å². The van der Waals surface area contributed by atoms with Crippen LogP contribution in [0.1, 0.15) is 76.5 Å². The first-order chi connectivity index (χ1) is 24.7. The Balaban J connectivity index is 0.969. The number of aldehydes is 1. The minimum absolute atomic E-state index is 0.0229. The van der Waals surface area contributed by atoms with E-state index in [4.69, 9.17) is 26.1 Å². The summed E-state index contributed by atoms with van der Waals surface area (Å²) < 4.78 is 12.5. The van der Waals surface area contributed by atoms with Gasteiger partial charge in [0.05, 0.1) is 41.6 Å².